The number of hydrogen-bond acceptors (Lipinski definition) is 8. The number of nitrogens with zero attached hydrogens (tertiary/aromatic N) is 2. The standard InChI is InChI=1S/C22H20N2O5S2/c1-27-17-8-7-14(11-18(17)28-2)16-12-15(19-5-3-9-30-19)23-24(16)21(25)13-29-22(26)20-6-4-10-31-20/h3-11,16H,12-13H2,1-2H3. The van der Waals surface area contributed by atoms with Gasteiger partial charge in [0.05, 0.1) is 30.9 Å². The lowest BCUT2D eigenvalue weighted by molar-refractivity contribution is -0.136. The number of rotatable bonds is 7. The molecule has 1 unspecified atom stereocenters. The number of hydrogen-bond donors (Lipinski definition) is 0. The fourth-order valence-electron chi connectivity index (χ4n) is 3.31. The van der Waals surface area contributed by atoms with Crippen LogP contribution in [0.5, 0.6) is 11.5 Å². The Labute approximate surface area is 187 Å². The van der Waals surface area contributed by atoms with Crippen molar-refractivity contribution in [1.29, 1.82) is 0 Å². The number of methoxy groups -OCH3 is 2. The van der Waals surface area contributed by atoms with Crippen LogP contribution in [0.2, 0.25) is 0 Å². The first-order chi connectivity index (χ1) is 15.1. The van der Waals surface area contributed by atoms with Crippen LogP contribution in [0.3, 0.4) is 0 Å². The van der Waals surface area contributed by atoms with E-state index in [2.05, 4.69) is 5.10 Å². The van der Waals surface area contributed by atoms with E-state index in [4.69, 9.17) is 14.2 Å². The molecule has 1 aliphatic heterocycles. The van der Waals surface area contributed by atoms with Gasteiger partial charge in [0, 0.05) is 6.42 Å². The summed E-state index contributed by atoms with van der Waals surface area (Å²) in [5, 5.41) is 9.73. The van der Waals surface area contributed by atoms with Crippen LogP contribution in [0.25, 0.3) is 0 Å². The van der Waals surface area contributed by atoms with Crippen molar-refractivity contribution in [3.63, 3.8) is 0 Å². The number of amides is 1. The molecular formula is C22H20N2O5S2. The van der Waals surface area contributed by atoms with E-state index < -0.39 is 11.9 Å². The van der Waals surface area contributed by atoms with Crippen molar-refractivity contribution in [1.82, 2.24) is 5.01 Å². The Hall–Kier alpha value is -3.17. The van der Waals surface area contributed by atoms with Crippen molar-refractivity contribution in [2.24, 2.45) is 5.10 Å². The second-order valence-electron chi connectivity index (χ2n) is 6.65. The predicted molar refractivity (Wildman–Crippen MR) is 119 cm³/mol. The molecule has 0 N–H and O–H groups in total. The minimum absolute atomic E-state index is 0.343. The first-order valence-corrected chi connectivity index (χ1v) is 11.2. The Morgan fingerprint density at radius 1 is 1.06 bits per heavy atom. The molecule has 0 spiro atoms. The number of carbonyl (C=O) groups is 2. The van der Waals surface area contributed by atoms with Gasteiger partial charge in [0.1, 0.15) is 4.88 Å². The molecule has 0 fully saturated rings. The van der Waals surface area contributed by atoms with Crippen molar-refractivity contribution in [2.45, 2.75) is 12.5 Å². The molecule has 3 heterocycles. The fourth-order valence-corrected chi connectivity index (χ4v) is 4.65. The maximum absolute atomic E-state index is 13.0. The summed E-state index contributed by atoms with van der Waals surface area (Å²) in [6.45, 7) is -0.387. The molecule has 1 atom stereocenters. The molecule has 1 amide bonds. The lowest BCUT2D eigenvalue weighted by Gasteiger charge is -2.22. The Kier molecular flexibility index (Phi) is 6.34. The van der Waals surface area contributed by atoms with Gasteiger partial charge in [-0.1, -0.05) is 18.2 Å². The molecule has 0 aliphatic carbocycles. The third-order valence-electron chi connectivity index (χ3n) is 4.81. The summed E-state index contributed by atoms with van der Waals surface area (Å²) in [5.74, 6) is 0.261. The highest BCUT2D eigenvalue weighted by Crippen LogP contribution is 2.37. The summed E-state index contributed by atoms with van der Waals surface area (Å²) in [4.78, 5) is 26.6. The smallest absolute Gasteiger partial charge is 0.348 e. The average Bonchev–Trinajstić information content (AvgIpc) is 3.57. The molecule has 31 heavy (non-hydrogen) atoms. The largest absolute Gasteiger partial charge is 0.493 e. The van der Waals surface area contributed by atoms with Crippen molar-refractivity contribution in [3.05, 3.63) is 68.5 Å². The van der Waals surface area contributed by atoms with Gasteiger partial charge >= 0.3 is 5.97 Å². The van der Waals surface area contributed by atoms with E-state index in [1.807, 2.05) is 29.6 Å². The van der Waals surface area contributed by atoms with Gasteiger partial charge in [0.15, 0.2) is 18.1 Å². The first kappa shape index (κ1) is 21.1. The normalized spacial score (nSPS) is 15.5. The van der Waals surface area contributed by atoms with E-state index in [9.17, 15) is 9.59 Å². The van der Waals surface area contributed by atoms with Gasteiger partial charge in [-0.15, -0.1) is 22.7 Å². The number of thiophene rings is 2. The van der Waals surface area contributed by atoms with Crippen molar-refractivity contribution in [2.75, 3.05) is 20.8 Å². The first-order valence-electron chi connectivity index (χ1n) is 9.46. The third-order valence-corrected chi connectivity index (χ3v) is 6.58. The van der Waals surface area contributed by atoms with E-state index in [-0.39, 0.29) is 12.6 Å². The molecule has 0 saturated carbocycles. The summed E-state index contributed by atoms with van der Waals surface area (Å²) in [7, 11) is 3.14. The maximum atomic E-state index is 13.0. The molecule has 9 heteroatoms. The number of hydrazone groups is 1. The van der Waals surface area contributed by atoms with Crippen molar-refractivity contribution >= 4 is 40.3 Å². The monoisotopic (exact) mass is 456 g/mol. The molecule has 0 bridgehead atoms. The Morgan fingerprint density at radius 2 is 1.84 bits per heavy atom. The van der Waals surface area contributed by atoms with E-state index in [0.717, 1.165) is 16.2 Å². The average molecular weight is 457 g/mol. The van der Waals surface area contributed by atoms with Crippen LogP contribution in [-0.2, 0) is 9.53 Å². The zero-order valence-electron chi connectivity index (χ0n) is 16.9. The fraction of sp³-hybridized carbons (Fsp3) is 0.227. The van der Waals surface area contributed by atoms with Crippen LogP contribution in [-0.4, -0.2) is 43.4 Å². The van der Waals surface area contributed by atoms with Gasteiger partial charge in [0.25, 0.3) is 5.91 Å². The lowest BCUT2D eigenvalue weighted by Crippen LogP contribution is -2.31. The summed E-state index contributed by atoms with van der Waals surface area (Å²) in [6.07, 6.45) is 0.542. The zero-order chi connectivity index (χ0) is 21.8. The van der Waals surface area contributed by atoms with E-state index in [0.29, 0.717) is 22.8 Å². The lowest BCUT2D eigenvalue weighted by atomic mass is 10.0. The summed E-state index contributed by atoms with van der Waals surface area (Å²) >= 11 is 2.83. The minimum atomic E-state index is -0.521. The van der Waals surface area contributed by atoms with Crippen LogP contribution >= 0.6 is 22.7 Å². The molecule has 1 aromatic carbocycles. The SMILES string of the molecule is COc1ccc(C2CC(c3cccs3)=NN2C(=O)COC(=O)c2cccs2)cc1OC. The summed E-state index contributed by atoms with van der Waals surface area (Å²) in [5.41, 5.74) is 1.67. The van der Waals surface area contributed by atoms with Crippen LogP contribution in [0, 0.1) is 0 Å². The van der Waals surface area contributed by atoms with E-state index in [1.54, 1.807) is 49.1 Å². The number of esters is 1. The van der Waals surface area contributed by atoms with Crippen LogP contribution < -0.4 is 9.47 Å². The molecule has 0 saturated heterocycles. The molecule has 4 rings (SSSR count). The van der Waals surface area contributed by atoms with Gasteiger partial charge < -0.3 is 14.2 Å². The minimum Gasteiger partial charge on any atom is -0.493 e. The number of benzene rings is 1. The Balaban J connectivity index is 1.58. The second kappa shape index (κ2) is 9.32. The predicted octanol–water partition coefficient (Wildman–Crippen LogP) is 4.36. The molecular weight excluding hydrogens is 436 g/mol. The van der Waals surface area contributed by atoms with Gasteiger partial charge in [-0.3, -0.25) is 4.79 Å². The summed E-state index contributed by atoms with van der Waals surface area (Å²) < 4.78 is 16.0. The van der Waals surface area contributed by atoms with Crippen molar-refractivity contribution in [3.8, 4) is 11.5 Å². The van der Waals surface area contributed by atoms with Crippen LogP contribution in [0.15, 0.2) is 58.3 Å². The van der Waals surface area contributed by atoms with Crippen LogP contribution in [0.1, 0.15) is 32.6 Å². The molecule has 160 valence electrons. The van der Waals surface area contributed by atoms with Crippen LogP contribution in [0.4, 0.5) is 0 Å². The molecule has 0 radical (unpaired) electrons. The van der Waals surface area contributed by atoms with E-state index >= 15 is 0 Å². The molecule has 3 aromatic rings. The Bertz CT molecular complexity index is 1090. The topological polar surface area (TPSA) is 77.4 Å². The zero-order valence-corrected chi connectivity index (χ0v) is 18.6. The third kappa shape index (κ3) is 4.47. The Morgan fingerprint density at radius 3 is 2.52 bits per heavy atom. The molecule has 2 aromatic heterocycles. The van der Waals surface area contributed by atoms with Crippen molar-refractivity contribution < 1.29 is 23.8 Å². The number of ether oxygens (including phenoxy) is 3. The maximum Gasteiger partial charge on any atom is 0.348 e. The van der Waals surface area contributed by atoms with Gasteiger partial charge in [-0.05, 0) is 40.6 Å². The highest BCUT2D eigenvalue weighted by atomic mass is 32.1. The molecule has 7 nitrogen and oxygen atoms in total. The highest BCUT2D eigenvalue weighted by molar-refractivity contribution is 7.12. The van der Waals surface area contributed by atoms with Gasteiger partial charge in [0.2, 0.25) is 0 Å². The quantitative estimate of drug-likeness (QED) is 0.494. The summed E-state index contributed by atoms with van der Waals surface area (Å²) in [6, 6.07) is 12.5. The van der Waals surface area contributed by atoms with Gasteiger partial charge in [-0.25, -0.2) is 9.80 Å². The van der Waals surface area contributed by atoms with E-state index in [1.165, 1.54) is 16.3 Å². The molecule has 1 aliphatic rings. The van der Waals surface area contributed by atoms with Gasteiger partial charge in [-0.2, -0.15) is 5.10 Å². The second-order valence-corrected chi connectivity index (χ2v) is 8.55. The highest BCUT2D eigenvalue weighted by Gasteiger charge is 2.34. The number of carbonyl (C=O) groups excluding carboxylic acids is 2.